The second-order valence-electron chi connectivity index (χ2n) is 7.97. The number of carbonyl (C=O) groups is 1. The molecule has 0 saturated carbocycles. The molecule has 5 rings (SSSR count). The van der Waals surface area contributed by atoms with Crippen molar-refractivity contribution in [3.8, 4) is 10.4 Å². The summed E-state index contributed by atoms with van der Waals surface area (Å²) in [5.41, 5.74) is 3.14. The van der Waals surface area contributed by atoms with Crippen LogP contribution in [0.3, 0.4) is 0 Å². The summed E-state index contributed by atoms with van der Waals surface area (Å²) < 4.78 is 15.2. The van der Waals surface area contributed by atoms with Crippen molar-refractivity contribution >= 4 is 22.9 Å². The van der Waals surface area contributed by atoms with E-state index in [2.05, 4.69) is 9.97 Å². The molecule has 0 spiro atoms. The maximum Gasteiger partial charge on any atom is 0.274 e. The van der Waals surface area contributed by atoms with Crippen LogP contribution in [0.1, 0.15) is 40.5 Å². The van der Waals surface area contributed by atoms with Gasteiger partial charge < -0.3 is 9.30 Å². The molecule has 4 aromatic rings. The molecule has 158 valence electrons. The van der Waals surface area contributed by atoms with Gasteiger partial charge in [-0.2, -0.15) is 0 Å². The molecule has 1 aliphatic heterocycles. The smallest absolute Gasteiger partial charge is 0.274 e. The number of benzene rings is 1. The van der Waals surface area contributed by atoms with E-state index in [0.717, 1.165) is 46.9 Å². The zero-order valence-corrected chi connectivity index (χ0v) is 18.1. The SMILES string of the molecule is Cc1nc(C(=O)N2CCCC[C@H]2Cc2cn3cc(F)ccc3n2)c(-c2ccccc2)s1. The summed E-state index contributed by atoms with van der Waals surface area (Å²) in [6, 6.07) is 13.1. The molecule has 1 amide bonds. The van der Waals surface area contributed by atoms with Gasteiger partial charge >= 0.3 is 0 Å². The van der Waals surface area contributed by atoms with Crippen LogP contribution in [0.4, 0.5) is 4.39 Å². The van der Waals surface area contributed by atoms with Gasteiger partial charge in [-0.25, -0.2) is 14.4 Å². The van der Waals surface area contributed by atoms with Gasteiger partial charge in [0.1, 0.15) is 17.2 Å². The highest BCUT2D eigenvalue weighted by molar-refractivity contribution is 7.15. The minimum atomic E-state index is -0.293. The normalized spacial score (nSPS) is 16.7. The first-order chi connectivity index (χ1) is 15.1. The summed E-state index contributed by atoms with van der Waals surface area (Å²) >= 11 is 1.56. The topological polar surface area (TPSA) is 50.5 Å². The Hall–Kier alpha value is -3.06. The van der Waals surface area contributed by atoms with Gasteiger partial charge in [-0.3, -0.25) is 4.79 Å². The van der Waals surface area contributed by atoms with Crippen molar-refractivity contribution in [3.05, 3.63) is 77.1 Å². The highest BCUT2D eigenvalue weighted by Gasteiger charge is 2.31. The van der Waals surface area contributed by atoms with Gasteiger partial charge in [-0.15, -0.1) is 11.3 Å². The number of fused-ring (bicyclic) bond motifs is 1. The highest BCUT2D eigenvalue weighted by atomic mass is 32.1. The first-order valence-corrected chi connectivity index (χ1v) is 11.4. The van der Waals surface area contributed by atoms with E-state index in [-0.39, 0.29) is 17.8 Å². The Morgan fingerprint density at radius 3 is 2.81 bits per heavy atom. The average molecular weight is 435 g/mol. The molecule has 4 heterocycles. The van der Waals surface area contributed by atoms with Crippen LogP contribution >= 0.6 is 11.3 Å². The van der Waals surface area contributed by atoms with Crippen molar-refractivity contribution in [1.29, 1.82) is 0 Å². The average Bonchev–Trinajstić information content (AvgIpc) is 3.36. The van der Waals surface area contributed by atoms with Crippen molar-refractivity contribution in [2.24, 2.45) is 0 Å². The molecule has 3 aromatic heterocycles. The zero-order chi connectivity index (χ0) is 21.4. The number of likely N-dealkylation sites (tertiary alicyclic amines) is 1. The molecule has 0 bridgehead atoms. The number of aryl methyl sites for hydroxylation is 1. The lowest BCUT2D eigenvalue weighted by molar-refractivity contribution is 0.0608. The third-order valence-electron chi connectivity index (χ3n) is 5.77. The van der Waals surface area contributed by atoms with Crippen LogP contribution in [0, 0.1) is 12.7 Å². The maximum atomic E-state index is 13.6. The minimum Gasteiger partial charge on any atom is -0.334 e. The van der Waals surface area contributed by atoms with E-state index in [1.54, 1.807) is 21.8 Å². The van der Waals surface area contributed by atoms with Crippen molar-refractivity contribution < 1.29 is 9.18 Å². The lowest BCUT2D eigenvalue weighted by Gasteiger charge is -2.35. The number of hydrogen-bond donors (Lipinski definition) is 0. The first-order valence-electron chi connectivity index (χ1n) is 10.6. The number of hydrogen-bond acceptors (Lipinski definition) is 4. The van der Waals surface area contributed by atoms with Gasteiger partial charge in [0.15, 0.2) is 0 Å². The second kappa shape index (κ2) is 8.23. The molecule has 7 heteroatoms. The van der Waals surface area contributed by atoms with Gasteiger partial charge in [0, 0.05) is 31.4 Å². The lowest BCUT2D eigenvalue weighted by atomic mass is 9.97. The van der Waals surface area contributed by atoms with Crippen LogP contribution in [0.2, 0.25) is 0 Å². The summed E-state index contributed by atoms with van der Waals surface area (Å²) in [6.07, 6.45) is 6.94. The molecule has 0 aliphatic carbocycles. The molecule has 1 aromatic carbocycles. The Balaban J connectivity index is 1.43. The number of nitrogens with zero attached hydrogens (tertiary/aromatic N) is 4. The van der Waals surface area contributed by atoms with Gasteiger partial charge in [0.2, 0.25) is 0 Å². The molecule has 1 atom stereocenters. The summed E-state index contributed by atoms with van der Waals surface area (Å²) in [5, 5.41) is 0.887. The maximum absolute atomic E-state index is 13.6. The van der Waals surface area contributed by atoms with E-state index in [0.29, 0.717) is 17.8 Å². The third-order valence-corrected chi connectivity index (χ3v) is 6.79. The molecule has 0 N–H and O–H groups in total. The van der Waals surface area contributed by atoms with Gasteiger partial charge in [-0.05, 0) is 43.9 Å². The largest absolute Gasteiger partial charge is 0.334 e. The summed E-state index contributed by atoms with van der Waals surface area (Å²) in [5.74, 6) is -0.305. The molecule has 0 radical (unpaired) electrons. The Morgan fingerprint density at radius 2 is 1.97 bits per heavy atom. The quantitative estimate of drug-likeness (QED) is 0.447. The third kappa shape index (κ3) is 3.97. The Kier molecular flexibility index (Phi) is 5.28. The molecule has 1 aliphatic rings. The Labute approximate surface area is 184 Å². The van der Waals surface area contributed by atoms with Crippen LogP contribution in [-0.2, 0) is 6.42 Å². The summed E-state index contributed by atoms with van der Waals surface area (Å²) in [4.78, 5) is 25.8. The van der Waals surface area contributed by atoms with Crippen LogP contribution in [0.5, 0.6) is 0 Å². The van der Waals surface area contributed by atoms with Gasteiger partial charge in [-0.1, -0.05) is 30.3 Å². The zero-order valence-electron chi connectivity index (χ0n) is 17.3. The fourth-order valence-corrected chi connectivity index (χ4v) is 5.25. The minimum absolute atomic E-state index is 0.0114. The number of pyridine rings is 1. The molecule has 5 nitrogen and oxygen atoms in total. The van der Waals surface area contributed by atoms with Crippen LogP contribution in [0.25, 0.3) is 16.1 Å². The molecule has 1 saturated heterocycles. The van der Waals surface area contributed by atoms with Crippen molar-refractivity contribution in [1.82, 2.24) is 19.3 Å². The molecular weight excluding hydrogens is 411 g/mol. The number of amides is 1. The fourth-order valence-electron chi connectivity index (χ4n) is 4.33. The van der Waals surface area contributed by atoms with E-state index in [1.165, 1.54) is 12.3 Å². The summed E-state index contributed by atoms with van der Waals surface area (Å²) in [6.45, 7) is 2.66. The highest BCUT2D eigenvalue weighted by Crippen LogP contribution is 2.32. The fraction of sp³-hybridized carbons (Fsp3) is 0.292. The van der Waals surface area contributed by atoms with Crippen molar-refractivity contribution in [2.45, 2.75) is 38.6 Å². The standard InChI is InChI=1S/C24H23FN4OS/c1-16-26-22(23(31-16)17-7-3-2-4-8-17)24(30)29-12-6-5-9-20(29)13-19-15-28-14-18(25)10-11-21(28)27-19/h2-4,7-8,10-11,14-15,20H,5-6,9,12-13H2,1H3/t20-/m0/s1. The van der Waals surface area contributed by atoms with Crippen LogP contribution < -0.4 is 0 Å². The van der Waals surface area contributed by atoms with Crippen LogP contribution in [0.15, 0.2) is 54.9 Å². The van der Waals surface area contributed by atoms with Crippen LogP contribution in [-0.4, -0.2) is 37.8 Å². The van der Waals surface area contributed by atoms with E-state index in [4.69, 9.17) is 0 Å². The number of halogens is 1. The Bertz CT molecular complexity index is 1230. The van der Waals surface area contributed by atoms with Gasteiger partial charge in [0.05, 0.1) is 15.6 Å². The lowest BCUT2D eigenvalue weighted by Crippen LogP contribution is -2.45. The monoisotopic (exact) mass is 434 g/mol. The number of carbonyl (C=O) groups excluding carboxylic acids is 1. The number of piperidine rings is 1. The molecular formula is C24H23FN4OS. The van der Waals surface area contributed by atoms with E-state index in [9.17, 15) is 9.18 Å². The second-order valence-corrected chi connectivity index (χ2v) is 9.18. The predicted octanol–water partition coefficient (Wildman–Crippen LogP) is 5.14. The number of rotatable bonds is 4. The molecule has 0 unspecified atom stereocenters. The Morgan fingerprint density at radius 1 is 1.13 bits per heavy atom. The number of thiazole rings is 1. The first kappa shape index (κ1) is 19.9. The molecule has 31 heavy (non-hydrogen) atoms. The van der Waals surface area contributed by atoms with E-state index >= 15 is 0 Å². The number of aromatic nitrogens is 3. The molecule has 1 fully saturated rings. The van der Waals surface area contributed by atoms with E-state index in [1.807, 2.05) is 48.4 Å². The van der Waals surface area contributed by atoms with Crippen molar-refractivity contribution in [2.75, 3.05) is 6.54 Å². The number of imidazole rings is 1. The predicted molar refractivity (Wildman–Crippen MR) is 120 cm³/mol. The van der Waals surface area contributed by atoms with Crippen molar-refractivity contribution in [3.63, 3.8) is 0 Å². The summed E-state index contributed by atoms with van der Waals surface area (Å²) in [7, 11) is 0. The van der Waals surface area contributed by atoms with E-state index < -0.39 is 0 Å². The van der Waals surface area contributed by atoms with Gasteiger partial charge in [0.25, 0.3) is 5.91 Å².